The Labute approximate surface area is 193 Å². The van der Waals surface area contributed by atoms with E-state index in [1.807, 2.05) is 0 Å². The predicted molar refractivity (Wildman–Crippen MR) is 119 cm³/mol. The zero-order valence-electron chi connectivity index (χ0n) is 17.6. The van der Waals surface area contributed by atoms with Crippen LogP contribution < -0.4 is 20.3 Å². The molecule has 0 atom stereocenters. The van der Waals surface area contributed by atoms with Crippen LogP contribution in [0.15, 0.2) is 68.4 Å². The molecular formula is C21H20FN3O6S2. The third kappa shape index (κ3) is 5.90. The molecule has 0 aliphatic heterocycles. The maximum Gasteiger partial charge on any atom is 0.270 e. The van der Waals surface area contributed by atoms with Crippen LogP contribution in [0.5, 0.6) is 11.5 Å². The van der Waals surface area contributed by atoms with Crippen molar-refractivity contribution in [3.05, 3.63) is 70.4 Å². The zero-order chi connectivity index (χ0) is 24.0. The molecule has 0 unspecified atom stereocenters. The van der Waals surface area contributed by atoms with Crippen LogP contribution in [0.2, 0.25) is 0 Å². The molecule has 33 heavy (non-hydrogen) atoms. The molecule has 0 radical (unpaired) electrons. The third-order valence-electron chi connectivity index (χ3n) is 4.44. The first-order chi connectivity index (χ1) is 15.7. The molecule has 2 N–H and O–H groups in total. The largest absolute Gasteiger partial charge is 0.493 e. The number of aromatic amines is 1. The summed E-state index contributed by atoms with van der Waals surface area (Å²) in [4.78, 5) is 30.1. The maximum absolute atomic E-state index is 12.9. The van der Waals surface area contributed by atoms with Crippen molar-refractivity contribution in [2.24, 2.45) is 0 Å². The van der Waals surface area contributed by atoms with Gasteiger partial charge in [0.05, 0.1) is 31.1 Å². The SMILES string of the molecule is COc1ccc(S(=O)(=O)c2cnc(SCC(=O)NCc3ccc(F)cc3)[nH]c2=O)cc1OC. The summed E-state index contributed by atoms with van der Waals surface area (Å²) in [5.74, 6) is -0.234. The number of H-pyrrole nitrogens is 1. The van der Waals surface area contributed by atoms with E-state index >= 15 is 0 Å². The van der Waals surface area contributed by atoms with Crippen LogP contribution in [0, 0.1) is 5.82 Å². The van der Waals surface area contributed by atoms with Gasteiger partial charge in [-0.2, -0.15) is 0 Å². The number of rotatable bonds is 9. The van der Waals surface area contributed by atoms with Gasteiger partial charge in [-0.3, -0.25) is 9.59 Å². The highest BCUT2D eigenvalue weighted by atomic mass is 32.2. The Bertz CT molecular complexity index is 1310. The molecule has 0 aliphatic carbocycles. The summed E-state index contributed by atoms with van der Waals surface area (Å²) in [7, 11) is -1.39. The van der Waals surface area contributed by atoms with Gasteiger partial charge < -0.3 is 19.8 Å². The molecule has 0 aliphatic rings. The average Bonchev–Trinajstić information content (AvgIpc) is 2.81. The van der Waals surface area contributed by atoms with E-state index in [1.54, 1.807) is 12.1 Å². The average molecular weight is 494 g/mol. The van der Waals surface area contributed by atoms with Crippen LogP contribution in [0.1, 0.15) is 5.56 Å². The number of hydrogen-bond acceptors (Lipinski definition) is 8. The number of amides is 1. The number of halogens is 1. The lowest BCUT2D eigenvalue weighted by atomic mass is 10.2. The van der Waals surface area contributed by atoms with E-state index in [-0.39, 0.29) is 39.8 Å². The Balaban J connectivity index is 1.67. The fraction of sp³-hybridized carbons (Fsp3) is 0.190. The molecule has 1 aromatic heterocycles. The van der Waals surface area contributed by atoms with Crippen molar-refractivity contribution < 1.29 is 27.1 Å². The van der Waals surface area contributed by atoms with Crippen LogP contribution in [-0.2, 0) is 21.2 Å². The Kier molecular flexibility index (Phi) is 7.71. The molecule has 174 valence electrons. The summed E-state index contributed by atoms with van der Waals surface area (Å²) < 4.78 is 48.9. The van der Waals surface area contributed by atoms with Crippen LogP contribution >= 0.6 is 11.8 Å². The summed E-state index contributed by atoms with van der Waals surface area (Å²) >= 11 is 0.936. The molecule has 3 rings (SSSR count). The quantitative estimate of drug-likeness (QED) is 0.343. The topological polar surface area (TPSA) is 127 Å². The Morgan fingerprint density at radius 2 is 1.82 bits per heavy atom. The number of hydrogen-bond donors (Lipinski definition) is 2. The zero-order valence-corrected chi connectivity index (χ0v) is 19.3. The van der Waals surface area contributed by atoms with Crippen LogP contribution in [-0.4, -0.2) is 44.3 Å². The maximum atomic E-state index is 12.9. The van der Waals surface area contributed by atoms with Crippen molar-refractivity contribution in [3.63, 3.8) is 0 Å². The second-order valence-corrected chi connectivity index (χ2v) is 9.48. The van der Waals surface area contributed by atoms with Gasteiger partial charge >= 0.3 is 0 Å². The van der Waals surface area contributed by atoms with E-state index in [0.29, 0.717) is 5.75 Å². The fourth-order valence-electron chi connectivity index (χ4n) is 2.73. The number of methoxy groups -OCH3 is 2. The lowest BCUT2D eigenvalue weighted by Crippen LogP contribution is -2.25. The first kappa shape index (κ1) is 24.3. The van der Waals surface area contributed by atoms with Crippen molar-refractivity contribution >= 4 is 27.5 Å². The molecule has 0 spiro atoms. The monoisotopic (exact) mass is 493 g/mol. The number of thioether (sulfide) groups is 1. The smallest absolute Gasteiger partial charge is 0.270 e. The minimum atomic E-state index is -4.17. The predicted octanol–water partition coefficient (Wildman–Crippen LogP) is 2.17. The molecular weight excluding hydrogens is 473 g/mol. The Morgan fingerprint density at radius 1 is 1.12 bits per heavy atom. The first-order valence-electron chi connectivity index (χ1n) is 9.45. The van der Waals surface area contributed by atoms with E-state index in [4.69, 9.17) is 9.47 Å². The summed E-state index contributed by atoms with van der Waals surface area (Å²) in [5.41, 5.74) is -0.139. The number of nitrogens with one attached hydrogen (secondary N) is 2. The normalized spacial score (nSPS) is 11.1. The molecule has 0 saturated heterocycles. The highest BCUT2D eigenvalue weighted by molar-refractivity contribution is 7.99. The molecule has 0 fully saturated rings. The lowest BCUT2D eigenvalue weighted by molar-refractivity contribution is -0.118. The fourth-order valence-corrected chi connectivity index (χ4v) is 4.64. The molecule has 12 heteroatoms. The van der Waals surface area contributed by atoms with Gasteiger partial charge in [0, 0.05) is 12.6 Å². The number of ether oxygens (including phenoxy) is 2. The van der Waals surface area contributed by atoms with Crippen molar-refractivity contribution in [2.45, 2.75) is 21.5 Å². The Hall–Kier alpha value is -3.38. The minimum Gasteiger partial charge on any atom is -0.493 e. The number of carbonyl (C=O) groups is 1. The lowest BCUT2D eigenvalue weighted by Gasteiger charge is -2.10. The van der Waals surface area contributed by atoms with E-state index in [0.717, 1.165) is 23.5 Å². The van der Waals surface area contributed by atoms with Gasteiger partial charge in [-0.25, -0.2) is 17.8 Å². The molecule has 3 aromatic rings. The minimum absolute atomic E-state index is 0.0636. The van der Waals surface area contributed by atoms with Crippen LogP contribution in [0.4, 0.5) is 4.39 Å². The van der Waals surface area contributed by atoms with Gasteiger partial charge in [0.1, 0.15) is 5.82 Å². The second kappa shape index (κ2) is 10.5. The molecule has 2 aromatic carbocycles. The third-order valence-corrected chi connectivity index (χ3v) is 7.07. The van der Waals surface area contributed by atoms with Crippen LogP contribution in [0.3, 0.4) is 0 Å². The first-order valence-corrected chi connectivity index (χ1v) is 11.9. The van der Waals surface area contributed by atoms with Gasteiger partial charge in [0.25, 0.3) is 5.56 Å². The van der Waals surface area contributed by atoms with Gasteiger partial charge in [-0.1, -0.05) is 23.9 Å². The standard InChI is InChI=1S/C21H20FN3O6S2/c1-30-16-8-7-15(9-17(16)31-2)33(28,29)18-11-24-21(25-20(18)27)32-12-19(26)23-10-13-3-5-14(22)6-4-13/h3-9,11H,10,12H2,1-2H3,(H,23,26)(H,24,25,27). The van der Waals surface area contributed by atoms with Crippen molar-refractivity contribution in [1.29, 1.82) is 0 Å². The van der Waals surface area contributed by atoms with Gasteiger partial charge in [-0.05, 0) is 29.8 Å². The summed E-state index contributed by atoms with van der Waals surface area (Å²) in [6.45, 7) is 0.214. The number of sulfone groups is 1. The molecule has 1 heterocycles. The van der Waals surface area contributed by atoms with E-state index < -0.39 is 20.3 Å². The number of nitrogens with zero attached hydrogens (tertiary/aromatic N) is 1. The van der Waals surface area contributed by atoms with Gasteiger partial charge in [0.2, 0.25) is 15.7 Å². The van der Waals surface area contributed by atoms with E-state index in [9.17, 15) is 22.4 Å². The van der Waals surface area contributed by atoms with Crippen molar-refractivity contribution in [3.8, 4) is 11.5 Å². The number of benzene rings is 2. The van der Waals surface area contributed by atoms with Crippen molar-refractivity contribution in [1.82, 2.24) is 15.3 Å². The van der Waals surface area contributed by atoms with Gasteiger partial charge in [0.15, 0.2) is 21.6 Å². The van der Waals surface area contributed by atoms with E-state index in [2.05, 4.69) is 15.3 Å². The molecule has 1 amide bonds. The summed E-state index contributed by atoms with van der Waals surface area (Å²) in [6.07, 6.45) is 0.948. The Morgan fingerprint density at radius 3 is 2.45 bits per heavy atom. The highest BCUT2D eigenvalue weighted by Crippen LogP contribution is 2.31. The number of carbonyl (C=O) groups excluding carboxylic acids is 1. The summed E-state index contributed by atoms with van der Waals surface area (Å²) in [6, 6.07) is 9.66. The molecule has 9 nitrogen and oxygen atoms in total. The highest BCUT2D eigenvalue weighted by Gasteiger charge is 2.24. The molecule has 0 saturated carbocycles. The number of aromatic nitrogens is 2. The molecule has 0 bridgehead atoms. The van der Waals surface area contributed by atoms with Gasteiger partial charge in [-0.15, -0.1) is 0 Å². The van der Waals surface area contributed by atoms with E-state index in [1.165, 1.54) is 44.6 Å². The van der Waals surface area contributed by atoms with Crippen LogP contribution in [0.25, 0.3) is 0 Å². The second-order valence-electron chi connectivity index (χ2n) is 6.59. The summed E-state index contributed by atoms with van der Waals surface area (Å²) in [5, 5.41) is 2.75. The van der Waals surface area contributed by atoms with Crippen molar-refractivity contribution in [2.75, 3.05) is 20.0 Å².